The van der Waals surface area contributed by atoms with E-state index < -0.39 is 17.7 Å². The Morgan fingerprint density at radius 2 is 2.00 bits per heavy atom. The number of aromatic nitrogens is 2. The molecular weight excluding hydrogens is 294 g/mol. The van der Waals surface area contributed by atoms with Crippen molar-refractivity contribution < 1.29 is 17.6 Å². The average Bonchev–Trinajstić information content (AvgIpc) is 2.80. The Morgan fingerprint density at radius 3 is 2.55 bits per heavy atom. The largest absolute Gasteiger partial charge is 0.435 e. The number of alkyl halides is 3. The molecule has 0 fully saturated rings. The zero-order valence-electron chi connectivity index (χ0n) is 9.99. The molecule has 0 saturated heterocycles. The summed E-state index contributed by atoms with van der Waals surface area (Å²) >= 11 is 4.77. The van der Waals surface area contributed by atoms with E-state index in [-0.39, 0.29) is 17.1 Å². The van der Waals surface area contributed by atoms with Crippen molar-refractivity contribution in [2.75, 3.05) is 0 Å². The van der Waals surface area contributed by atoms with Crippen molar-refractivity contribution in [1.82, 2.24) is 9.78 Å². The highest BCUT2D eigenvalue weighted by Gasteiger charge is 2.33. The van der Waals surface area contributed by atoms with Gasteiger partial charge in [0.25, 0.3) is 0 Å². The van der Waals surface area contributed by atoms with Gasteiger partial charge in [0.1, 0.15) is 10.8 Å². The zero-order valence-corrected chi connectivity index (χ0v) is 10.8. The van der Waals surface area contributed by atoms with Crippen molar-refractivity contribution in [3.8, 4) is 0 Å². The van der Waals surface area contributed by atoms with Gasteiger partial charge in [-0.2, -0.15) is 18.3 Å². The minimum absolute atomic E-state index is 0.0858. The molecule has 0 aliphatic carbocycles. The Bertz CT molecular complexity index is 648. The Hall–Kier alpha value is -1.96. The monoisotopic (exact) mass is 303 g/mol. The van der Waals surface area contributed by atoms with Gasteiger partial charge in [-0.15, -0.1) is 0 Å². The number of nitrogens with two attached hydrogens (primary N) is 1. The van der Waals surface area contributed by atoms with Crippen molar-refractivity contribution >= 4 is 17.2 Å². The number of thiocarbonyl (C=S) groups is 1. The van der Waals surface area contributed by atoms with Crippen molar-refractivity contribution in [3.63, 3.8) is 0 Å². The van der Waals surface area contributed by atoms with Crippen LogP contribution in [0.5, 0.6) is 0 Å². The van der Waals surface area contributed by atoms with Gasteiger partial charge in [-0.25, -0.2) is 4.39 Å². The number of hydrogen-bond acceptors (Lipinski definition) is 2. The number of benzene rings is 1. The van der Waals surface area contributed by atoms with Gasteiger partial charge in [-0.05, 0) is 24.3 Å². The molecule has 8 heteroatoms. The van der Waals surface area contributed by atoms with Gasteiger partial charge in [0, 0.05) is 17.3 Å². The predicted molar refractivity (Wildman–Crippen MR) is 68.6 cm³/mol. The van der Waals surface area contributed by atoms with Gasteiger partial charge in [-0.3, -0.25) is 4.68 Å². The van der Waals surface area contributed by atoms with Crippen molar-refractivity contribution in [3.05, 3.63) is 53.1 Å². The first-order chi connectivity index (χ1) is 9.27. The van der Waals surface area contributed by atoms with Crippen LogP contribution in [0.25, 0.3) is 0 Å². The summed E-state index contributed by atoms with van der Waals surface area (Å²) in [6.45, 7) is -0.141. The lowest BCUT2D eigenvalue weighted by Crippen LogP contribution is -2.12. The Labute approximate surface area is 117 Å². The highest BCUT2D eigenvalue weighted by atomic mass is 32.1. The summed E-state index contributed by atoms with van der Waals surface area (Å²) in [5, 5.41) is 3.35. The Morgan fingerprint density at radius 1 is 1.30 bits per heavy atom. The molecule has 0 aliphatic rings. The smallest absolute Gasteiger partial charge is 0.389 e. The summed E-state index contributed by atoms with van der Waals surface area (Å²) in [5.74, 6) is -0.561. The first-order valence-corrected chi connectivity index (χ1v) is 5.87. The molecule has 106 valence electrons. The number of rotatable bonds is 3. The summed E-state index contributed by atoms with van der Waals surface area (Å²) in [7, 11) is 0. The Kier molecular flexibility index (Phi) is 3.76. The molecule has 0 atom stereocenters. The highest BCUT2D eigenvalue weighted by Crippen LogP contribution is 2.27. The molecular formula is C12H9F4N3S. The van der Waals surface area contributed by atoms with Crippen LogP contribution in [0.1, 0.15) is 16.8 Å². The second-order valence-corrected chi connectivity index (χ2v) is 4.51. The molecule has 2 aromatic rings. The van der Waals surface area contributed by atoms with Gasteiger partial charge in [-0.1, -0.05) is 12.2 Å². The predicted octanol–water partition coefficient (Wildman–Crippen LogP) is 2.72. The molecule has 0 radical (unpaired) electrons. The van der Waals surface area contributed by atoms with Crippen LogP contribution in [0.4, 0.5) is 17.6 Å². The zero-order chi connectivity index (χ0) is 14.9. The number of hydrogen-bond donors (Lipinski definition) is 1. The third kappa shape index (κ3) is 3.13. The molecule has 0 spiro atoms. The Balaban J connectivity index is 2.28. The maximum atomic E-state index is 13.6. The van der Waals surface area contributed by atoms with Gasteiger partial charge in [0.2, 0.25) is 0 Å². The van der Waals surface area contributed by atoms with E-state index in [0.717, 1.165) is 23.0 Å². The van der Waals surface area contributed by atoms with Gasteiger partial charge < -0.3 is 5.73 Å². The van der Waals surface area contributed by atoms with Crippen LogP contribution in [-0.4, -0.2) is 14.8 Å². The van der Waals surface area contributed by atoms with E-state index in [4.69, 9.17) is 18.0 Å². The van der Waals surface area contributed by atoms with Crippen molar-refractivity contribution in [1.29, 1.82) is 0 Å². The molecule has 1 aromatic heterocycles. The van der Waals surface area contributed by atoms with Crippen LogP contribution < -0.4 is 5.73 Å². The quantitative estimate of drug-likeness (QED) is 0.700. The highest BCUT2D eigenvalue weighted by molar-refractivity contribution is 7.80. The molecule has 0 unspecified atom stereocenters. The summed E-state index contributed by atoms with van der Waals surface area (Å²) in [5.41, 5.74) is 5.00. The van der Waals surface area contributed by atoms with E-state index >= 15 is 0 Å². The minimum atomic E-state index is -4.52. The summed E-state index contributed by atoms with van der Waals surface area (Å²) in [6, 6.07) is 4.80. The van der Waals surface area contributed by atoms with E-state index in [1.165, 1.54) is 12.1 Å². The number of nitrogens with zero attached hydrogens (tertiary/aromatic N) is 2. The molecule has 0 aliphatic heterocycles. The fourth-order valence-electron chi connectivity index (χ4n) is 1.62. The fraction of sp³-hybridized carbons (Fsp3) is 0.167. The second kappa shape index (κ2) is 5.20. The van der Waals surface area contributed by atoms with E-state index in [0.29, 0.717) is 5.56 Å². The molecule has 2 N–H and O–H groups in total. The van der Waals surface area contributed by atoms with Crippen LogP contribution in [0.15, 0.2) is 30.5 Å². The van der Waals surface area contributed by atoms with Crippen molar-refractivity contribution in [2.45, 2.75) is 12.7 Å². The van der Waals surface area contributed by atoms with Crippen LogP contribution in [-0.2, 0) is 12.7 Å². The van der Waals surface area contributed by atoms with E-state index in [9.17, 15) is 17.6 Å². The van der Waals surface area contributed by atoms with Gasteiger partial charge in [0.05, 0.1) is 6.54 Å². The number of halogens is 4. The molecule has 0 amide bonds. The second-order valence-electron chi connectivity index (χ2n) is 4.07. The summed E-state index contributed by atoms with van der Waals surface area (Å²) in [4.78, 5) is 0.0858. The van der Waals surface area contributed by atoms with E-state index in [1.54, 1.807) is 0 Å². The third-order valence-electron chi connectivity index (χ3n) is 2.59. The normalized spacial score (nSPS) is 11.6. The molecule has 1 aromatic carbocycles. The maximum Gasteiger partial charge on any atom is 0.435 e. The summed E-state index contributed by atoms with van der Waals surface area (Å²) in [6.07, 6.45) is -3.39. The van der Waals surface area contributed by atoms with Crippen molar-refractivity contribution in [2.24, 2.45) is 5.73 Å². The maximum absolute atomic E-state index is 13.6. The van der Waals surface area contributed by atoms with Crippen LogP contribution in [0.3, 0.4) is 0 Å². The lowest BCUT2D eigenvalue weighted by atomic mass is 10.1. The summed E-state index contributed by atoms with van der Waals surface area (Å²) < 4.78 is 51.8. The molecule has 3 nitrogen and oxygen atoms in total. The lowest BCUT2D eigenvalue weighted by molar-refractivity contribution is -0.141. The van der Waals surface area contributed by atoms with Gasteiger partial charge >= 0.3 is 6.18 Å². The standard InChI is InChI=1S/C12H9F4N3S/c13-9-2-1-7(11(17)20)5-8(9)6-19-4-3-10(18-19)12(14,15)16/h1-5H,6H2,(H2,17,20). The minimum Gasteiger partial charge on any atom is -0.389 e. The van der Waals surface area contributed by atoms with Crippen LogP contribution >= 0.6 is 12.2 Å². The molecule has 2 rings (SSSR count). The fourth-order valence-corrected chi connectivity index (χ4v) is 1.75. The van der Waals surface area contributed by atoms with Crippen LogP contribution in [0.2, 0.25) is 0 Å². The van der Waals surface area contributed by atoms with Gasteiger partial charge in [0.15, 0.2) is 5.69 Å². The molecule has 1 heterocycles. The first kappa shape index (κ1) is 14.4. The van der Waals surface area contributed by atoms with Crippen LogP contribution in [0, 0.1) is 5.82 Å². The SMILES string of the molecule is NC(=S)c1ccc(F)c(Cn2ccc(C(F)(F)F)n2)c1. The topological polar surface area (TPSA) is 43.8 Å². The molecule has 20 heavy (non-hydrogen) atoms. The third-order valence-corrected chi connectivity index (χ3v) is 2.83. The van der Waals surface area contributed by atoms with E-state index in [1.807, 2.05) is 0 Å². The van der Waals surface area contributed by atoms with E-state index in [2.05, 4.69) is 5.10 Å². The molecule has 0 saturated carbocycles. The lowest BCUT2D eigenvalue weighted by Gasteiger charge is -2.07. The average molecular weight is 303 g/mol. The molecule has 0 bridgehead atoms. The first-order valence-electron chi connectivity index (χ1n) is 5.46.